The fraction of sp³-hybridized carbons (Fsp3) is 0.455. The highest BCUT2D eigenvalue weighted by Gasteiger charge is 2.36. The zero-order chi connectivity index (χ0) is 11.0. The number of anilines is 1. The SMILES string of the molecule is O=C1Nc2ncccc2OC1C1CCCN1. The van der Waals surface area contributed by atoms with E-state index in [9.17, 15) is 4.79 Å². The summed E-state index contributed by atoms with van der Waals surface area (Å²) < 4.78 is 5.69. The quantitative estimate of drug-likeness (QED) is 0.723. The van der Waals surface area contributed by atoms with Gasteiger partial charge >= 0.3 is 0 Å². The van der Waals surface area contributed by atoms with Crippen molar-refractivity contribution in [3.8, 4) is 5.75 Å². The Morgan fingerprint density at radius 1 is 1.50 bits per heavy atom. The lowest BCUT2D eigenvalue weighted by molar-refractivity contribution is -0.124. The predicted octanol–water partition coefficient (Wildman–Crippen LogP) is 0.533. The monoisotopic (exact) mass is 219 g/mol. The summed E-state index contributed by atoms with van der Waals surface area (Å²) in [4.78, 5) is 15.9. The smallest absolute Gasteiger partial charge is 0.268 e. The van der Waals surface area contributed by atoms with E-state index in [1.54, 1.807) is 12.3 Å². The molecule has 2 unspecified atom stereocenters. The van der Waals surface area contributed by atoms with Crippen molar-refractivity contribution in [3.05, 3.63) is 18.3 Å². The maximum Gasteiger partial charge on any atom is 0.268 e. The lowest BCUT2D eigenvalue weighted by atomic mass is 10.1. The second-order valence-electron chi connectivity index (χ2n) is 4.08. The van der Waals surface area contributed by atoms with Crippen molar-refractivity contribution in [2.75, 3.05) is 11.9 Å². The number of hydrogen-bond acceptors (Lipinski definition) is 4. The molecule has 2 aliphatic rings. The number of nitrogens with one attached hydrogen (secondary N) is 2. The molecule has 5 nitrogen and oxygen atoms in total. The van der Waals surface area contributed by atoms with Gasteiger partial charge in [0.05, 0.1) is 6.04 Å². The predicted molar refractivity (Wildman–Crippen MR) is 58.3 cm³/mol. The average molecular weight is 219 g/mol. The van der Waals surface area contributed by atoms with E-state index < -0.39 is 6.10 Å². The standard InChI is InChI=1S/C11H13N3O2/c15-11-9(7-3-1-5-12-7)16-8-4-2-6-13-10(8)14-11/h2,4,6-7,9,12H,1,3,5H2,(H,13,14,15). The van der Waals surface area contributed by atoms with Gasteiger partial charge in [0.15, 0.2) is 17.7 Å². The molecule has 1 fully saturated rings. The van der Waals surface area contributed by atoms with Crippen LogP contribution in [0.5, 0.6) is 5.75 Å². The number of ether oxygens (including phenoxy) is 1. The molecule has 3 heterocycles. The van der Waals surface area contributed by atoms with Gasteiger partial charge in [-0.3, -0.25) is 4.79 Å². The highest BCUT2D eigenvalue weighted by Crippen LogP contribution is 2.28. The minimum Gasteiger partial charge on any atom is -0.475 e. The third kappa shape index (κ3) is 1.53. The van der Waals surface area contributed by atoms with E-state index in [2.05, 4.69) is 15.6 Å². The van der Waals surface area contributed by atoms with Gasteiger partial charge in [0, 0.05) is 6.20 Å². The van der Waals surface area contributed by atoms with Crippen LogP contribution < -0.4 is 15.4 Å². The first-order valence-corrected chi connectivity index (χ1v) is 5.50. The van der Waals surface area contributed by atoms with Crippen molar-refractivity contribution in [1.82, 2.24) is 10.3 Å². The Bertz CT molecular complexity index is 415. The average Bonchev–Trinajstić information content (AvgIpc) is 2.81. The highest BCUT2D eigenvalue weighted by atomic mass is 16.5. The number of hydrogen-bond donors (Lipinski definition) is 2. The molecule has 16 heavy (non-hydrogen) atoms. The fourth-order valence-electron chi connectivity index (χ4n) is 2.19. The Balaban J connectivity index is 1.86. The Labute approximate surface area is 93.2 Å². The number of carbonyl (C=O) groups is 1. The molecule has 5 heteroatoms. The van der Waals surface area contributed by atoms with E-state index >= 15 is 0 Å². The molecule has 0 bridgehead atoms. The van der Waals surface area contributed by atoms with Crippen LogP contribution in [0.1, 0.15) is 12.8 Å². The van der Waals surface area contributed by atoms with Crippen molar-refractivity contribution < 1.29 is 9.53 Å². The molecule has 1 aromatic rings. The summed E-state index contributed by atoms with van der Waals surface area (Å²) in [7, 11) is 0. The molecule has 84 valence electrons. The largest absolute Gasteiger partial charge is 0.475 e. The van der Waals surface area contributed by atoms with Gasteiger partial charge in [-0.15, -0.1) is 0 Å². The lowest BCUT2D eigenvalue weighted by Gasteiger charge is -2.28. The molecule has 0 saturated carbocycles. The van der Waals surface area contributed by atoms with Crippen LogP contribution in [0.4, 0.5) is 5.82 Å². The van der Waals surface area contributed by atoms with Crippen LogP contribution in [-0.2, 0) is 4.79 Å². The first-order chi connectivity index (χ1) is 7.84. The first-order valence-electron chi connectivity index (χ1n) is 5.50. The minimum absolute atomic E-state index is 0.106. The maximum atomic E-state index is 11.8. The summed E-state index contributed by atoms with van der Waals surface area (Å²) in [6.07, 6.45) is 3.28. The molecular weight excluding hydrogens is 206 g/mol. The van der Waals surface area contributed by atoms with Gasteiger partial charge < -0.3 is 15.4 Å². The van der Waals surface area contributed by atoms with Crippen LogP contribution in [0.25, 0.3) is 0 Å². The first kappa shape index (κ1) is 9.59. The van der Waals surface area contributed by atoms with Gasteiger partial charge in [0.25, 0.3) is 5.91 Å². The van der Waals surface area contributed by atoms with Crippen LogP contribution in [-0.4, -0.2) is 29.6 Å². The molecule has 3 rings (SSSR count). The number of nitrogens with zero attached hydrogens (tertiary/aromatic N) is 1. The van der Waals surface area contributed by atoms with Crippen molar-refractivity contribution in [3.63, 3.8) is 0 Å². The van der Waals surface area contributed by atoms with Crippen LogP contribution in [0.3, 0.4) is 0 Å². The minimum atomic E-state index is -0.431. The van der Waals surface area contributed by atoms with Crippen molar-refractivity contribution in [2.45, 2.75) is 25.0 Å². The molecule has 2 aliphatic heterocycles. The highest BCUT2D eigenvalue weighted by molar-refractivity contribution is 5.97. The summed E-state index contributed by atoms with van der Waals surface area (Å²) in [6.45, 7) is 0.956. The third-order valence-corrected chi connectivity index (χ3v) is 2.99. The van der Waals surface area contributed by atoms with E-state index in [4.69, 9.17) is 4.74 Å². The number of rotatable bonds is 1. The zero-order valence-corrected chi connectivity index (χ0v) is 8.77. The molecular formula is C11H13N3O2. The van der Waals surface area contributed by atoms with Crippen LogP contribution in [0, 0.1) is 0 Å². The number of pyridine rings is 1. The number of amides is 1. The second-order valence-corrected chi connectivity index (χ2v) is 4.08. The van der Waals surface area contributed by atoms with Gasteiger partial charge in [0.2, 0.25) is 0 Å². The number of aromatic nitrogens is 1. The summed E-state index contributed by atoms with van der Waals surface area (Å²) in [5.41, 5.74) is 0. The maximum absolute atomic E-state index is 11.8. The van der Waals surface area contributed by atoms with E-state index in [0.29, 0.717) is 11.6 Å². The van der Waals surface area contributed by atoms with E-state index in [1.165, 1.54) is 0 Å². The van der Waals surface area contributed by atoms with E-state index in [1.807, 2.05) is 6.07 Å². The topological polar surface area (TPSA) is 63.2 Å². The molecule has 0 aromatic carbocycles. The summed E-state index contributed by atoms with van der Waals surface area (Å²) in [5.74, 6) is 1.06. The third-order valence-electron chi connectivity index (χ3n) is 2.99. The Hall–Kier alpha value is -1.62. The number of fused-ring (bicyclic) bond motifs is 1. The molecule has 0 radical (unpaired) electrons. The number of carbonyl (C=O) groups excluding carboxylic acids is 1. The molecule has 2 atom stereocenters. The Morgan fingerprint density at radius 2 is 2.44 bits per heavy atom. The molecule has 0 aliphatic carbocycles. The van der Waals surface area contributed by atoms with Crippen LogP contribution >= 0.6 is 0 Å². The van der Waals surface area contributed by atoms with Gasteiger partial charge in [-0.25, -0.2) is 4.98 Å². The van der Waals surface area contributed by atoms with Crippen molar-refractivity contribution in [2.24, 2.45) is 0 Å². The molecule has 1 aromatic heterocycles. The summed E-state index contributed by atoms with van der Waals surface area (Å²) in [6, 6.07) is 3.74. The van der Waals surface area contributed by atoms with Gasteiger partial charge in [-0.05, 0) is 31.5 Å². The van der Waals surface area contributed by atoms with E-state index in [-0.39, 0.29) is 11.9 Å². The molecule has 1 amide bonds. The van der Waals surface area contributed by atoms with E-state index in [0.717, 1.165) is 19.4 Å². The van der Waals surface area contributed by atoms with Crippen molar-refractivity contribution in [1.29, 1.82) is 0 Å². The summed E-state index contributed by atoms with van der Waals surface area (Å²) in [5, 5.41) is 6.05. The van der Waals surface area contributed by atoms with Gasteiger partial charge in [0.1, 0.15) is 0 Å². The Morgan fingerprint density at radius 3 is 3.25 bits per heavy atom. The van der Waals surface area contributed by atoms with Crippen LogP contribution in [0.15, 0.2) is 18.3 Å². The molecule has 0 spiro atoms. The molecule has 1 saturated heterocycles. The lowest BCUT2D eigenvalue weighted by Crippen LogP contribution is -2.49. The zero-order valence-electron chi connectivity index (χ0n) is 8.77. The fourth-order valence-corrected chi connectivity index (χ4v) is 2.19. The summed E-state index contributed by atoms with van der Waals surface area (Å²) >= 11 is 0. The Kier molecular flexibility index (Phi) is 2.25. The second kappa shape index (κ2) is 3.75. The van der Waals surface area contributed by atoms with Crippen molar-refractivity contribution >= 4 is 11.7 Å². The van der Waals surface area contributed by atoms with Gasteiger partial charge in [-0.2, -0.15) is 0 Å². The normalized spacial score (nSPS) is 28.1. The van der Waals surface area contributed by atoms with Gasteiger partial charge in [-0.1, -0.05) is 0 Å². The molecule has 2 N–H and O–H groups in total. The van der Waals surface area contributed by atoms with Crippen LogP contribution in [0.2, 0.25) is 0 Å².